The monoisotopic (exact) mass is 242 g/mol. The van der Waals surface area contributed by atoms with E-state index in [0.29, 0.717) is 12.2 Å². The van der Waals surface area contributed by atoms with Crippen molar-refractivity contribution in [2.75, 3.05) is 12.8 Å². The van der Waals surface area contributed by atoms with Crippen molar-refractivity contribution in [2.45, 2.75) is 17.4 Å². The van der Waals surface area contributed by atoms with Crippen molar-refractivity contribution in [3.8, 4) is 6.07 Å². The smallest absolute Gasteiger partial charge is 0.136 e. The van der Waals surface area contributed by atoms with Crippen LogP contribution >= 0.6 is 11.8 Å². The lowest BCUT2D eigenvalue weighted by Crippen LogP contribution is -2.23. The Morgan fingerprint density at radius 2 is 2.25 bits per heavy atom. The highest BCUT2D eigenvalue weighted by atomic mass is 32.2. The predicted molar refractivity (Wildman–Crippen MR) is 60.2 cm³/mol. The van der Waals surface area contributed by atoms with Gasteiger partial charge >= 0.3 is 0 Å². The van der Waals surface area contributed by atoms with Crippen LogP contribution in [-0.2, 0) is 0 Å². The molecule has 16 heavy (non-hydrogen) atoms. The SMILES string of the molecule is CNC(C#N)CCSc1cc(F)ccc1F. The van der Waals surface area contributed by atoms with Gasteiger partial charge in [-0.3, -0.25) is 0 Å². The number of nitrogens with zero attached hydrogens (tertiary/aromatic N) is 1. The Labute approximate surface area is 97.7 Å². The first-order valence-corrected chi connectivity index (χ1v) is 5.80. The summed E-state index contributed by atoms with van der Waals surface area (Å²) in [7, 11) is 1.70. The molecular formula is C11H12F2N2S. The van der Waals surface area contributed by atoms with E-state index < -0.39 is 11.6 Å². The zero-order chi connectivity index (χ0) is 12.0. The third-order valence-corrected chi connectivity index (χ3v) is 3.13. The Bertz CT molecular complexity index is 390. The second-order valence-electron chi connectivity index (χ2n) is 3.18. The lowest BCUT2D eigenvalue weighted by atomic mass is 10.3. The molecule has 5 heteroatoms. The van der Waals surface area contributed by atoms with Crippen LogP contribution in [-0.4, -0.2) is 18.8 Å². The molecule has 0 amide bonds. The highest BCUT2D eigenvalue weighted by Crippen LogP contribution is 2.23. The van der Waals surface area contributed by atoms with E-state index in [4.69, 9.17) is 5.26 Å². The number of halogens is 2. The molecule has 0 aliphatic carbocycles. The largest absolute Gasteiger partial charge is 0.305 e. The van der Waals surface area contributed by atoms with Crippen molar-refractivity contribution in [3.05, 3.63) is 29.8 Å². The minimum absolute atomic E-state index is 0.246. The molecule has 1 atom stereocenters. The van der Waals surface area contributed by atoms with Gasteiger partial charge in [0.2, 0.25) is 0 Å². The van der Waals surface area contributed by atoms with Gasteiger partial charge in [-0.15, -0.1) is 11.8 Å². The van der Waals surface area contributed by atoms with Gasteiger partial charge in [0.15, 0.2) is 0 Å². The second kappa shape index (κ2) is 6.46. The summed E-state index contributed by atoms with van der Waals surface area (Å²) in [6.45, 7) is 0. The number of nitrogens with one attached hydrogen (secondary N) is 1. The van der Waals surface area contributed by atoms with Crippen molar-refractivity contribution >= 4 is 11.8 Å². The molecule has 1 rings (SSSR count). The van der Waals surface area contributed by atoms with Gasteiger partial charge in [-0.05, 0) is 31.7 Å². The summed E-state index contributed by atoms with van der Waals surface area (Å²) in [5.41, 5.74) is 0. The number of nitriles is 1. The molecule has 0 spiro atoms. The highest BCUT2D eigenvalue weighted by molar-refractivity contribution is 7.99. The van der Waals surface area contributed by atoms with Crippen LogP contribution in [0.3, 0.4) is 0 Å². The Morgan fingerprint density at radius 1 is 1.50 bits per heavy atom. The van der Waals surface area contributed by atoms with E-state index in [1.54, 1.807) is 7.05 Å². The number of hydrogen-bond acceptors (Lipinski definition) is 3. The maximum atomic E-state index is 13.2. The first kappa shape index (κ1) is 12.9. The predicted octanol–water partition coefficient (Wildman–Crippen LogP) is 2.56. The minimum atomic E-state index is -0.450. The third-order valence-electron chi connectivity index (χ3n) is 2.06. The molecule has 2 nitrogen and oxygen atoms in total. The second-order valence-corrected chi connectivity index (χ2v) is 4.32. The first-order chi connectivity index (χ1) is 7.67. The first-order valence-electron chi connectivity index (χ1n) is 4.82. The Balaban J connectivity index is 2.49. The molecule has 86 valence electrons. The average Bonchev–Trinajstić information content (AvgIpc) is 2.29. The van der Waals surface area contributed by atoms with Crippen LogP contribution < -0.4 is 5.32 Å². The van der Waals surface area contributed by atoms with E-state index in [1.165, 1.54) is 17.8 Å². The van der Waals surface area contributed by atoms with Gasteiger partial charge in [-0.2, -0.15) is 5.26 Å². The standard InChI is InChI=1S/C11H12F2N2S/c1-15-9(7-14)4-5-16-11-6-8(12)2-3-10(11)13/h2-3,6,9,15H,4-5H2,1H3. The van der Waals surface area contributed by atoms with E-state index >= 15 is 0 Å². The molecule has 1 N–H and O–H groups in total. The number of hydrogen-bond donors (Lipinski definition) is 1. The van der Waals surface area contributed by atoms with Gasteiger partial charge in [-0.1, -0.05) is 0 Å². The minimum Gasteiger partial charge on any atom is -0.305 e. The maximum Gasteiger partial charge on any atom is 0.136 e. The van der Waals surface area contributed by atoms with E-state index in [0.717, 1.165) is 12.1 Å². The molecule has 0 radical (unpaired) electrons. The molecule has 1 aromatic rings. The van der Waals surface area contributed by atoms with Gasteiger partial charge in [-0.25, -0.2) is 8.78 Å². The van der Waals surface area contributed by atoms with Crippen molar-refractivity contribution in [1.82, 2.24) is 5.32 Å². The van der Waals surface area contributed by atoms with E-state index in [9.17, 15) is 8.78 Å². The topological polar surface area (TPSA) is 35.8 Å². The molecule has 0 aliphatic rings. The van der Waals surface area contributed by atoms with Crippen LogP contribution in [0.1, 0.15) is 6.42 Å². The summed E-state index contributed by atoms with van der Waals surface area (Å²) in [4.78, 5) is 0.285. The van der Waals surface area contributed by atoms with Crippen molar-refractivity contribution in [1.29, 1.82) is 5.26 Å². The zero-order valence-corrected chi connectivity index (χ0v) is 9.65. The third kappa shape index (κ3) is 3.80. The molecule has 0 saturated heterocycles. The molecular weight excluding hydrogens is 230 g/mol. The van der Waals surface area contributed by atoms with Gasteiger partial charge in [0.1, 0.15) is 11.6 Å². The molecule has 1 unspecified atom stereocenters. The number of rotatable bonds is 5. The van der Waals surface area contributed by atoms with Crippen LogP contribution in [0.2, 0.25) is 0 Å². The fourth-order valence-corrected chi connectivity index (χ4v) is 2.12. The number of thioether (sulfide) groups is 1. The average molecular weight is 242 g/mol. The molecule has 0 fully saturated rings. The van der Waals surface area contributed by atoms with E-state index in [-0.39, 0.29) is 10.9 Å². The molecule has 0 bridgehead atoms. The van der Waals surface area contributed by atoms with Crippen molar-refractivity contribution in [2.24, 2.45) is 0 Å². The van der Waals surface area contributed by atoms with Gasteiger partial charge in [0.05, 0.1) is 12.1 Å². The highest BCUT2D eigenvalue weighted by Gasteiger charge is 2.07. The molecule has 0 heterocycles. The molecule has 0 aromatic heterocycles. The fraction of sp³-hybridized carbons (Fsp3) is 0.364. The van der Waals surface area contributed by atoms with Gasteiger partial charge in [0.25, 0.3) is 0 Å². The van der Waals surface area contributed by atoms with Crippen molar-refractivity contribution in [3.63, 3.8) is 0 Å². The fourth-order valence-electron chi connectivity index (χ4n) is 1.15. The van der Waals surface area contributed by atoms with Crippen LogP contribution in [0.4, 0.5) is 8.78 Å². The van der Waals surface area contributed by atoms with Crippen LogP contribution in [0.25, 0.3) is 0 Å². The Hall–Kier alpha value is -1.12. The summed E-state index contributed by atoms with van der Waals surface area (Å²) in [5.74, 6) is -0.307. The van der Waals surface area contributed by atoms with E-state index in [1.807, 2.05) is 0 Å². The van der Waals surface area contributed by atoms with Crippen LogP contribution in [0.15, 0.2) is 23.1 Å². The summed E-state index contributed by atoms with van der Waals surface area (Å²) in [6.07, 6.45) is 0.591. The van der Waals surface area contributed by atoms with E-state index in [2.05, 4.69) is 11.4 Å². The van der Waals surface area contributed by atoms with Crippen molar-refractivity contribution < 1.29 is 8.78 Å². The maximum absolute atomic E-state index is 13.2. The van der Waals surface area contributed by atoms with Gasteiger partial charge < -0.3 is 5.32 Å². The quantitative estimate of drug-likeness (QED) is 0.806. The Kier molecular flexibility index (Phi) is 5.23. The normalized spacial score (nSPS) is 12.1. The molecule has 0 saturated carbocycles. The summed E-state index contributed by atoms with van der Waals surface area (Å²) in [6, 6.07) is 5.19. The van der Waals surface area contributed by atoms with Crippen LogP contribution in [0.5, 0.6) is 0 Å². The summed E-state index contributed by atoms with van der Waals surface area (Å²) in [5, 5.41) is 11.5. The van der Waals surface area contributed by atoms with Crippen LogP contribution in [0, 0.1) is 23.0 Å². The molecule has 0 aliphatic heterocycles. The summed E-state index contributed by atoms with van der Waals surface area (Å²) < 4.78 is 26.0. The number of benzene rings is 1. The lowest BCUT2D eigenvalue weighted by Gasteiger charge is -2.07. The summed E-state index contributed by atoms with van der Waals surface area (Å²) >= 11 is 1.21. The van der Waals surface area contributed by atoms with Gasteiger partial charge in [0, 0.05) is 10.6 Å². The lowest BCUT2D eigenvalue weighted by molar-refractivity contribution is 0.577. The molecule has 1 aromatic carbocycles. The zero-order valence-electron chi connectivity index (χ0n) is 8.84. The Morgan fingerprint density at radius 3 is 2.88 bits per heavy atom.